The van der Waals surface area contributed by atoms with Crippen molar-refractivity contribution in [1.29, 1.82) is 0 Å². The zero-order valence-corrected chi connectivity index (χ0v) is 11.9. The lowest BCUT2D eigenvalue weighted by molar-refractivity contribution is 0.676. The van der Waals surface area contributed by atoms with Crippen LogP contribution in [0.1, 0.15) is 43.0 Å². The van der Waals surface area contributed by atoms with Gasteiger partial charge < -0.3 is 5.73 Å². The standard InChI is InChI=1S/C14H17N7/c1-8-6-7-10(17-16-8)21-14-11(13(15)18-19-14)12(20-21)9-4-2-3-5-9/h6-7,9H,2-5H2,1H3,(H3,15,18,19). The van der Waals surface area contributed by atoms with E-state index in [0.717, 1.165) is 35.3 Å². The first kappa shape index (κ1) is 12.3. The first-order valence-corrected chi connectivity index (χ1v) is 7.27. The summed E-state index contributed by atoms with van der Waals surface area (Å²) < 4.78 is 1.74. The maximum Gasteiger partial charge on any atom is 0.188 e. The maximum atomic E-state index is 6.05. The molecule has 3 aromatic heterocycles. The van der Waals surface area contributed by atoms with E-state index in [4.69, 9.17) is 10.8 Å². The Balaban J connectivity index is 1.91. The molecule has 108 valence electrons. The van der Waals surface area contributed by atoms with E-state index in [1.165, 1.54) is 12.8 Å². The molecule has 0 atom stereocenters. The number of aromatic nitrogens is 6. The van der Waals surface area contributed by atoms with Gasteiger partial charge in [-0.15, -0.1) is 5.10 Å². The minimum atomic E-state index is 0.465. The van der Waals surface area contributed by atoms with Gasteiger partial charge in [-0.1, -0.05) is 12.8 Å². The number of H-pyrrole nitrogens is 1. The molecule has 3 aromatic rings. The molecule has 0 saturated heterocycles. The highest BCUT2D eigenvalue weighted by Gasteiger charge is 2.26. The molecule has 1 aliphatic rings. The van der Waals surface area contributed by atoms with Crippen LogP contribution in [-0.2, 0) is 0 Å². The lowest BCUT2D eigenvalue weighted by Crippen LogP contribution is -2.04. The molecule has 0 aromatic carbocycles. The van der Waals surface area contributed by atoms with Gasteiger partial charge in [-0.25, -0.2) is 0 Å². The number of nitrogen functional groups attached to an aromatic ring is 1. The van der Waals surface area contributed by atoms with Crippen LogP contribution in [0.3, 0.4) is 0 Å². The lowest BCUT2D eigenvalue weighted by atomic mass is 10.0. The summed E-state index contributed by atoms with van der Waals surface area (Å²) in [5.41, 5.74) is 8.69. The third kappa shape index (κ3) is 1.88. The van der Waals surface area contributed by atoms with Crippen LogP contribution < -0.4 is 5.73 Å². The van der Waals surface area contributed by atoms with E-state index in [2.05, 4.69) is 20.4 Å². The van der Waals surface area contributed by atoms with Gasteiger partial charge in [0.25, 0.3) is 0 Å². The molecule has 1 fully saturated rings. The van der Waals surface area contributed by atoms with Gasteiger partial charge in [-0.3, -0.25) is 5.10 Å². The summed E-state index contributed by atoms with van der Waals surface area (Å²) in [6.45, 7) is 1.91. The Kier molecular flexibility index (Phi) is 2.66. The van der Waals surface area contributed by atoms with Crippen LogP contribution in [0.15, 0.2) is 12.1 Å². The predicted molar refractivity (Wildman–Crippen MR) is 79.2 cm³/mol. The van der Waals surface area contributed by atoms with Crippen LogP contribution in [0.5, 0.6) is 0 Å². The van der Waals surface area contributed by atoms with Gasteiger partial charge in [0.2, 0.25) is 0 Å². The minimum absolute atomic E-state index is 0.465. The zero-order valence-electron chi connectivity index (χ0n) is 11.9. The van der Waals surface area contributed by atoms with Crippen molar-refractivity contribution in [2.24, 2.45) is 0 Å². The van der Waals surface area contributed by atoms with Crippen LogP contribution in [0.2, 0.25) is 0 Å². The fraction of sp³-hybridized carbons (Fsp3) is 0.429. The summed E-state index contributed by atoms with van der Waals surface area (Å²) in [7, 11) is 0. The third-order valence-corrected chi connectivity index (χ3v) is 4.18. The summed E-state index contributed by atoms with van der Waals surface area (Å²) in [4.78, 5) is 0. The molecule has 4 rings (SSSR count). The fourth-order valence-corrected chi connectivity index (χ4v) is 3.11. The Morgan fingerprint density at radius 2 is 2.05 bits per heavy atom. The first-order valence-electron chi connectivity index (χ1n) is 7.27. The molecular weight excluding hydrogens is 266 g/mol. The van der Waals surface area contributed by atoms with E-state index < -0.39 is 0 Å². The van der Waals surface area contributed by atoms with Crippen LogP contribution in [-0.4, -0.2) is 30.2 Å². The number of nitrogens with one attached hydrogen (secondary N) is 1. The van der Waals surface area contributed by atoms with Crippen molar-refractivity contribution in [3.05, 3.63) is 23.5 Å². The Bertz CT molecular complexity index is 778. The second-order valence-corrected chi connectivity index (χ2v) is 5.65. The van der Waals surface area contributed by atoms with Gasteiger partial charge in [0.15, 0.2) is 11.5 Å². The molecule has 0 amide bonds. The van der Waals surface area contributed by atoms with Crippen LogP contribution in [0.25, 0.3) is 16.9 Å². The number of anilines is 1. The fourth-order valence-electron chi connectivity index (χ4n) is 3.11. The predicted octanol–water partition coefficient (Wildman–Crippen LogP) is 2.09. The quantitative estimate of drug-likeness (QED) is 0.750. The highest BCUT2D eigenvalue weighted by molar-refractivity contribution is 5.90. The second kappa shape index (κ2) is 4.54. The molecule has 7 heteroatoms. The summed E-state index contributed by atoms with van der Waals surface area (Å²) >= 11 is 0. The summed E-state index contributed by atoms with van der Waals surface area (Å²) in [6.07, 6.45) is 4.83. The molecule has 21 heavy (non-hydrogen) atoms. The number of nitrogens with two attached hydrogens (primary N) is 1. The van der Waals surface area contributed by atoms with Crippen molar-refractivity contribution < 1.29 is 0 Å². The van der Waals surface area contributed by atoms with Crippen molar-refractivity contribution in [3.63, 3.8) is 0 Å². The molecule has 3 N–H and O–H groups in total. The lowest BCUT2D eigenvalue weighted by Gasteiger charge is -2.05. The van der Waals surface area contributed by atoms with Gasteiger partial charge in [-0.2, -0.15) is 20.0 Å². The maximum absolute atomic E-state index is 6.05. The monoisotopic (exact) mass is 283 g/mol. The van der Waals surface area contributed by atoms with E-state index in [-0.39, 0.29) is 0 Å². The number of hydrogen-bond acceptors (Lipinski definition) is 5. The Labute approximate surface area is 121 Å². The van der Waals surface area contributed by atoms with Gasteiger partial charge in [-0.05, 0) is 31.9 Å². The molecular formula is C14H17N7. The smallest absolute Gasteiger partial charge is 0.188 e. The van der Waals surface area contributed by atoms with Crippen LogP contribution in [0, 0.1) is 6.92 Å². The van der Waals surface area contributed by atoms with Crippen LogP contribution in [0.4, 0.5) is 5.82 Å². The summed E-state index contributed by atoms with van der Waals surface area (Å²) in [6, 6.07) is 3.82. The highest BCUT2D eigenvalue weighted by Crippen LogP contribution is 2.38. The molecule has 0 unspecified atom stereocenters. The minimum Gasteiger partial charge on any atom is -0.383 e. The van der Waals surface area contributed by atoms with E-state index >= 15 is 0 Å². The van der Waals surface area contributed by atoms with Crippen molar-refractivity contribution >= 4 is 16.9 Å². The normalized spacial score (nSPS) is 16.0. The number of nitrogens with zero attached hydrogens (tertiary/aromatic N) is 5. The Morgan fingerprint density at radius 1 is 1.24 bits per heavy atom. The number of aryl methyl sites for hydroxylation is 1. The molecule has 0 bridgehead atoms. The second-order valence-electron chi connectivity index (χ2n) is 5.65. The van der Waals surface area contributed by atoms with Crippen molar-refractivity contribution in [3.8, 4) is 5.82 Å². The van der Waals surface area contributed by atoms with Gasteiger partial charge >= 0.3 is 0 Å². The molecule has 0 spiro atoms. The molecule has 1 saturated carbocycles. The van der Waals surface area contributed by atoms with E-state index in [0.29, 0.717) is 17.6 Å². The largest absolute Gasteiger partial charge is 0.383 e. The van der Waals surface area contributed by atoms with Gasteiger partial charge in [0.05, 0.1) is 16.8 Å². The topological polar surface area (TPSA) is 98.3 Å². The number of rotatable bonds is 2. The number of fused-ring (bicyclic) bond motifs is 1. The molecule has 7 nitrogen and oxygen atoms in total. The molecule has 1 aliphatic carbocycles. The van der Waals surface area contributed by atoms with Gasteiger partial charge in [0.1, 0.15) is 5.82 Å². The first-order chi connectivity index (χ1) is 10.2. The SMILES string of the molecule is Cc1ccc(-n2nc(C3CCCC3)c3c(N)[nH]nc32)nn1. The average Bonchev–Trinajstić information content (AvgIpc) is 3.18. The molecule has 0 aliphatic heterocycles. The summed E-state index contributed by atoms with van der Waals surface area (Å²) in [5.74, 6) is 1.71. The van der Waals surface area contributed by atoms with Crippen molar-refractivity contribution in [2.75, 3.05) is 5.73 Å². The Morgan fingerprint density at radius 3 is 2.76 bits per heavy atom. The van der Waals surface area contributed by atoms with Gasteiger partial charge in [0, 0.05) is 5.92 Å². The van der Waals surface area contributed by atoms with E-state index in [1.807, 2.05) is 19.1 Å². The number of hydrogen-bond donors (Lipinski definition) is 2. The van der Waals surface area contributed by atoms with Crippen LogP contribution >= 0.6 is 0 Å². The zero-order chi connectivity index (χ0) is 14.4. The Hall–Kier alpha value is -2.44. The average molecular weight is 283 g/mol. The summed E-state index contributed by atoms with van der Waals surface area (Å²) in [5, 5.41) is 21.1. The highest BCUT2D eigenvalue weighted by atomic mass is 15.4. The molecule has 0 radical (unpaired) electrons. The number of aromatic amines is 1. The third-order valence-electron chi connectivity index (χ3n) is 4.18. The van der Waals surface area contributed by atoms with Crippen molar-refractivity contribution in [2.45, 2.75) is 38.5 Å². The molecule has 3 heterocycles. The van der Waals surface area contributed by atoms with E-state index in [9.17, 15) is 0 Å². The van der Waals surface area contributed by atoms with E-state index in [1.54, 1.807) is 4.68 Å². The van der Waals surface area contributed by atoms with Crippen molar-refractivity contribution in [1.82, 2.24) is 30.2 Å².